The summed E-state index contributed by atoms with van der Waals surface area (Å²) in [4.78, 5) is 10.2. The van der Waals surface area contributed by atoms with Crippen molar-refractivity contribution in [1.29, 1.82) is 0 Å². The number of aryl methyl sites for hydroxylation is 4. The standard InChI is InChI=1S/C31H46N2.Pd/c1-7-12-17-31(33-30-21-19-26(14-9-3)28(23-30)16-11-5)24(6)32-29-20-18-25(13-8-2)27(22-29)15-10-4;/h18-23H,7-17H2,1-6H3;. The molecule has 3 heteroatoms. The van der Waals surface area contributed by atoms with Crippen molar-refractivity contribution < 1.29 is 20.4 Å². The molecular formula is C31H46N2Pd. The third-order valence-electron chi connectivity index (χ3n) is 6.20. The van der Waals surface area contributed by atoms with E-state index in [0.717, 1.165) is 67.7 Å². The van der Waals surface area contributed by atoms with Crippen LogP contribution in [0.2, 0.25) is 0 Å². The van der Waals surface area contributed by atoms with E-state index in [4.69, 9.17) is 9.98 Å². The number of unbranched alkanes of at least 4 members (excludes halogenated alkanes) is 1. The Balaban J connectivity index is 0.00000578. The van der Waals surface area contributed by atoms with E-state index in [1.54, 1.807) is 0 Å². The molecule has 0 aliphatic carbocycles. The van der Waals surface area contributed by atoms with Gasteiger partial charge in [-0.15, -0.1) is 0 Å². The average Bonchev–Trinajstić information content (AvgIpc) is 2.80. The quantitative estimate of drug-likeness (QED) is 0.165. The van der Waals surface area contributed by atoms with Gasteiger partial charge in [0.2, 0.25) is 0 Å². The molecule has 0 radical (unpaired) electrons. The maximum Gasteiger partial charge on any atom is 0.0636 e. The smallest absolute Gasteiger partial charge is 0.0636 e. The van der Waals surface area contributed by atoms with Gasteiger partial charge in [-0.2, -0.15) is 0 Å². The molecule has 2 aromatic rings. The van der Waals surface area contributed by atoms with Crippen molar-refractivity contribution in [3.8, 4) is 0 Å². The van der Waals surface area contributed by atoms with Gasteiger partial charge in [0.15, 0.2) is 0 Å². The molecule has 0 aliphatic heterocycles. The van der Waals surface area contributed by atoms with E-state index >= 15 is 0 Å². The molecule has 0 saturated carbocycles. The summed E-state index contributed by atoms with van der Waals surface area (Å²) in [5, 5.41) is 0. The topological polar surface area (TPSA) is 24.7 Å². The number of nitrogens with zero attached hydrogens (tertiary/aromatic N) is 2. The minimum absolute atomic E-state index is 0. The fraction of sp³-hybridized carbons (Fsp3) is 0.548. The molecular weight excluding hydrogens is 507 g/mol. The minimum Gasteiger partial charge on any atom is -0.252 e. The van der Waals surface area contributed by atoms with Gasteiger partial charge in [0.25, 0.3) is 0 Å². The number of benzene rings is 2. The molecule has 0 amide bonds. The minimum atomic E-state index is 0. The molecule has 2 nitrogen and oxygen atoms in total. The third kappa shape index (κ3) is 9.60. The zero-order chi connectivity index (χ0) is 24.1. The SMILES string of the molecule is CCCCC(=Nc1ccc(CCC)c(CCC)c1)C(C)=Nc1ccc(CCC)c(CCC)c1.[Pd]. The van der Waals surface area contributed by atoms with Crippen LogP contribution in [0.15, 0.2) is 46.4 Å². The largest absolute Gasteiger partial charge is 0.252 e. The molecule has 0 N–H and O–H groups in total. The predicted octanol–water partition coefficient (Wildman–Crippen LogP) is 9.55. The van der Waals surface area contributed by atoms with Gasteiger partial charge in [0.1, 0.15) is 0 Å². The van der Waals surface area contributed by atoms with Gasteiger partial charge in [0, 0.05) is 20.4 Å². The van der Waals surface area contributed by atoms with Crippen LogP contribution in [0.25, 0.3) is 0 Å². The van der Waals surface area contributed by atoms with E-state index in [2.05, 4.69) is 77.9 Å². The predicted molar refractivity (Wildman–Crippen MR) is 148 cm³/mol. The normalized spacial score (nSPS) is 12.1. The third-order valence-corrected chi connectivity index (χ3v) is 6.20. The van der Waals surface area contributed by atoms with Gasteiger partial charge < -0.3 is 0 Å². The first-order valence-corrected chi connectivity index (χ1v) is 13.4. The molecule has 190 valence electrons. The van der Waals surface area contributed by atoms with Crippen LogP contribution in [-0.4, -0.2) is 11.4 Å². The first-order valence-electron chi connectivity index (χ1n) is 13.4. The van der Waals surface area contributed by atoms with Gasteiger partial charge in [0.05, 0.1) is 22.8 Å². The molecule has 0 bridgehead atoms. The van der Waals surface area contributed by atoms with E-state index in [-0.39, 0.29) is 20.4 Å². The van der Waals surface area contributed by atoms with Crippen LogP contribution >= 0.6 is 0 Å². The second kappa shape index (κ2) is 17.0. The molecule has 34 heavy (non-hydrogen) atoms. The van der Waals surface area contributed by atoms with Crippen LogP contribution in [0.3, 0.4) is 0 Å². The van der Waals surface area contributed by atoms with Crippen molar-refractivity contribution in [2.45, 2.75) is 112 Å². The van der Waals surface area contributed by atoms with Crippen LogP contribution in [0.4, 0.5) is 11.4 Å². The zero-order valence-electron chi connectivity index (χ0n) is 22.5. The van der Waals surface area contributed by atoms with Gasteiger partial charge in [-0.25, -0.2) is 0 Å². The van der Waals surface area contributed by atoms with Crippen LogP contribution in [0.5, 0.6) is 0 Å². The van der Waals surface area contributed by atoms with E-state index in [1.165, 1.54) is 47.9 Å². The fourth-order valence-corrected chi connectivity index (χ4v) is 4.47. The van der Waals surface area contributed by atoms with Gasteiger partial charge in [-0.05, 0) is 92.0 Å². The molecule has 2 aromatic carbocycles. The molecule has 0 spiro atoms. The van der Waals surface area contributed by atoms with E-state index in [1.807, 2.05) is 0 Å². The summed E-state index contributed by atoms with van der Waals surface area (Å²) in [5.41, 5.74) is 10.2. The summed E-state index contributed by atoms with van der Waals surface area (Å²) in [6.45, 7) is 13.4. The fourth-order valence-electron chi connectivity index (χ4n) is 4.47. The summed E-state index contributed by atoms with van der Waals surface area (Å²) in [6.07, 6.45) is 12.5. The first-order chi connectivity index (χ1) is 16.1. The molecule has 2 rings (SSSR count). The monoisotopic (exact) mass is 552 g/mol. The van der Waals surface area contributed by atoms with Crippen molar-refractivity contribution in [3.63, 3.8) is 0 Å². The van der Waals surface area contributed by atoms with E-state index in [9.17, 15) is 0 Å². The Morgan fingerprint density at radius 2 is 1.03 bits per heavy atom. The van der Waals surface area contributed by atoms with Crippen LogP contribution < -0.4 is 0 Å². The Hall–Kier alpha value is -1.56. The van der Waals surface area contributed by atoms with Crippen LogP contribution in [0.1, 0.15) is 109 Å². The average molecular weight is 553 g/mol. The van der Waals surface area contributed by atoms with E-state index < -0.39 is 0 Å². The zero-order valence-corrected chi connectivity index (χ0v) is 24.0. The maximum absolute atomic E-state index is 5.13. The molecule has 0 unspecified atom stereocenters. The molecule has 0 fully saturated rings. The number of rotatable bonds is 14. The van der Waals surface area contributed by atoms with Crippen LogP contribution in [0, 0.1) is 0 Å². The van der Waals surface area contributed by atoms with Gasteiger partial charge in [-0.3, -0.25) is 9.98 Å². The van der Waals surface area contributed by atoms with Crippen molar-refractivity contribution in [2.24, 2.45) is 9.98 Å². The maximum atomic E-state index is 5.13. The van der Waals surface area contributed by atoms with Crippen LogP contribution in [-0.2, 0) is 46.1 Å². The number of hydrogen-bond acceptors (Lipinski definition) is 2. The second-order valence-electron chi connectivity index (χ2n) is 9.27. The Labute approximate surface area is 223 Å². The Morgan fingerprint density at radius 3 is 1.47 bits per heavy atom. The Morgan fingerprint density at radius 1 is 0.588 bits per heavy atom. The van der Waals surface area contributed by atoms with Gasteiger partial charge in [-0.1, -0.05) is 78.9 Å². The molecule has 0 aromatic heterocycles. The number of hydrogen-bond donors (Lipinski definition) is 0. The van der Waals surface area contributed by atoms with Crippen molar-refractivity contribution in [2.75, 3.05) is 0 Å². The van der Waals surface area contributed by atoms with E-state index in [0.29, 0.717) is 0 Å². The summed E-state index contributed by atoms with van der Waals surface area (Å²) < 4.78 is 0. The summed E-state index contributed by atoms with van der Waals surface area (Å²) >= 11 is 0. The summed E-state index contributed by atoms with van der Waals surface area (Å²) in [5.74, 6) is 0. The summed E-state index contributed by atoms with van der Waals surface area (Å²) in [6, 6.07) is 13.6. The Bertz CT molecular complexity index is 927. The molecule has 0 saturated heterocycles. The molecule has 0 atom stereocenters. The Kier molecular flexibility index (Phi) is 15.2. The number of aliphatic imine (C=N–C) groups is 2. The second-order valence-corrected chi connectivity index (χ2v) is 9.27. The summed E-state index contributed by atoms with van der Waals surface area (Å²) in [7, 11) is 0. The van der Waals surface area contributed by atoms with Crippen molar-refractivity contribution in [1.82, 2.24) is 0 Å². The first kappa shape index (κ1) is 30.5. The van der Waals surface area contributed by atoms with Gasteiger partial charge >= 0.3 is 0 Å². The van der Waals surface area contributed by atoms with Crippen molar-refractivity contribution in [3.05, 3.63) is 58.7 Å². The molecule has 0 aliphatic rings. The van der Waals surface area contributed by atoms with Crippen molar-refractivity contribution >= 4 is 22.8 Å². The molecule has 0 heterocycles.